The first-order chi connectivity index (χ1) is 7.59. The van der Waals surface area contributed by atoms with Gasteiger partial charge < -0.3 is 15.0 Å². The second kappa shape index (κ2) is 7.25. The molecular formula is C13H28N2O. The van der Waals surface area contributed by atoms with E-state index in [4.69, 9.17) is 4.74 Å². The zero-order valence-electron chi connectivity index (χ0n) is 11.3. The van der Waals surface area contributed by atoms with Gasteiger partial charge >= 0.3 is 0 Å². The Kier molecular flexibility index (Phi) is 6.32. The van der Waals surface area contributed by atoms with Crippen molar-refractivity contribution in [1.82, 2.24) is 10.2 Å². The Labute approximate surface area is 101 Å². The molecule has 0 amide bonds. The van der Waals surface area contributed by atoms with Gasteiger partial charge in [0, 0.05) is 25.2 Å². The minimum Gasteiger partial charge on any atom is -0.380 e. The highest BCUT2D eigenvalue weighted by molar-refractivity contribution is 4.80. The van der Waals surface area contributed by atoms with Crippen LogP contribution in [-0.4, -0.2) is 50.3 Å². The summed E-state index contributed by atoms with van der Waals surface area (Å²) in [6, 6.07) is 1.40. The molecule has 0 aliphatic carbocycles. The van der Waals surface area contributed by atoms with E-state index in [-0.39, 0.29) is 0 Å². The third kappa shape index (κ3) is 5.28. The number of rotatable bonds is 6. The first-order valence-corrected chi connectivity index (χ1v) is 6.61. The summed E-state index contributed by atoms with van der Waals surface area (Å²) in [5, 5.41) is 3.59. The van der Waals surface area contributed by atoms with Gasteiger partial charge in [-0.05, 0) is 39.3 Å². The Morgan fingerprint density at radius 1 is 1.44 bits per heavy atom. The lowest BCUT2D eigenvalue weighted by Crippen LogP contribution is -2.46. The van der Waals surface area contributed by atoms with Crippen LogP contribution in [0.1, 0.15) is 33.6 Å². The van der Waals surface area contributed by atoms with E-state index >= 15 is 0 Å². The van der Waals surface area contributed by atoms with Crippen molar-refractivity contribution in [2.24, 2.45) is 5.92 Å². The average molecular weight is 228 g/mol. The van der Waals surface area contributed by atoms with E-state index in [0.29, 0.717) is 18.0 Å². The van der Waals surface area contributed by atoms with Crippen LogP contribution in [0.5, 0.6) is 0 Å². The second-order valence-corrected chi connectivity index (χ2v) is 5.47. The van der Waals surface area contributed by atoms with Crippen LogP contribution in [0.15, 0.2) is 0 Å². The predicted molar refractivity (Wildman–Crippen MR) is 68.8 cm³/mol. The molecule has 1 saturated heterocycles. The highest BCUT2D eigenvalue weighted by Gasteiger charge is 2.21. The van der Waals surface area contributed by atoms with E-state index in [9.17, 15) is 0 Å². The number of nitrogens with zero attached hydrogens (tertiary/aromatic N) is 1. The van der Waals surface area contributed by atoms with E-state index in [1.54, 1.807) is 0 Å². The Balaban J connectivity index is 2.01. The summed E-state index contributed by atoms with van der Waals surface area (Å²) in [5.74, 6) is 0.642. The van der Waals surface area contributed by atoms with Crippen LogP contribution in [0.25, 0.3) is 0 Å². The molecule has 1 fully saturated rings. The van der Waals surface area contributed by atoms with Crippen molar-refractivity contribution in [3.63, 3.8) is 0 Å². The topological polar surface area (TPSA) is 24.5 Å². The minimum absolute atomic E-state index is 0.642. The maximum absolute atomic E-state index is 5.56. The maximum Gasteiger partial charge on any atom is 0.0591 e. The van der Waals surface area contributed by atoms with Crippen LogP contribution in [-0.2, 0) is 4.74 Å². The number of nitrogens with one attached hydrogen (secondary N) is 1. The number of piperidine rings is 1. The van der Waals surface area contributed by atoms with Gasteiger partial charge in [-0.2, -0.15) is 0 Å². The van der Waals surface area contributed by atoms with Crippen LogP contribution in [0, 0.1) is 5.92 Å². The van der Waals surface area contributed by atoms with Gasteiger partial charge in [0.1, 0.15) is 0 Å². The molecule has 1 aliphatic heterocycles. The van der Waals surface area contributed by atoms with Gasteiger partial charge in [-0.25, -0.2) is 0 Å². The Morgan fingerprint density at radius 3 is 2.81 bits per heavy atom. The number of likely N-dealkylation sites (tertiary alicyclic amines) is 1. The lowest BCUT2D eigenvalue weighted by molar-refractivity contribution is 0.104. The van der Waals surface area contributed by atoms with Crippen molar-refractivity contribution in [1.29, 1.82) is 0 Å². The lowest BCUT2D eigenvalue weighted by atomic mass is 9.99. The number of ether oxygens (including phenoxy) is 1. The first kappa shape index (κ1) is 13.9. The standard InChI is InChI=1S/C13H28N2O/c1-11(2)10-16-8-6-14-13-5-7-15(4)12(3)9-13/h11-14H,5-10H2,1-4H3. The normalized spacial score (nSPS) is 27.6. The number of hydrogen-bond acceptors (Lipinski definition) is 3. The van der Waals surface area contributed by atoms with Crippen LogP contribution in [0.2, 0.25) is 0 Å². The van der Waals surface area contributed by atoms with E-state index in [2.05, 4.69) is 38.0 Å². The lowest BCUT2D eigenvalue weighted by Gasteiger charge is -2.35. The molecule has 1 heterocycles. The van der Waals surface area contributed by atoms with Gasteiger partial charge in [-0.1, -0.05) is 13.8 Å². The molecule has 1 N–H and O–H groups in total. The van der Waals surface area contributed by atoms with Gasteiger partial charge in [-0.15, -0.1) is 0 Å². The quantitative estimate of drug-likeness (QED) is 0.701. The SMILES string of the molecule is CC(C)COCCNC1CCN(C)C(C)C1. The molecule has 1 aliphatic rings. The summed E-state index contributed by atoms with van der Waals surface area (Å²) in [6.45, 7) is 10.6. The molecule has 2 atom stereocenters. The Morgan fingerprint density at radius 2 is 2.19 bits per heavy atom. The monoisotopic (exact) mass is 228 g/mol. The molecule has 0 saturated carbocycles. The van der Waals surface area contributed by atoms with Crippen LogP contribution >= 0.6 is 0 Å². The van der Waals surface area contributed by atoms with Crippen LogP contribution in [0.4, 0.5) is 0 Å². The molecule has 1 rings (SSSR count). The third-order valence-corrected chi connectivity index (χ3v) is 3.34. The molecule has 0 aromatic heterocycles. The molecule has 0 bridgehead atoms. The summed E-state index contributed by atoms with van der Waals surface area (Å²) in [4.78, 5) is 2.44. The molecule has 3 nitrogen and oxygen atoms in total. The van der Waals surface area contributed by atoms with Gasteiger partial charge in [0.25, 0.3) is 0 Å². The summed E-state index contributed by atoms with van der Waals surface area (Å²) >= 11 is 0. The maximum atomic E-state index is 5.56. The van der Waals surface area contributed by atoms with Gasteiger partial charge in [0.05, 0.1) is 6.61 Å². The molecule has 3 heteroatoms. The van der Waals surface area contributed by atoms with Gasteiger partial charge in [0.15, 0.2) is 0 Å². The zero-order valence-corrected chi connectivity index (χ0v) is 11.3. The van der Waals surface area contributed by atoms with E-state index in [1.807, 2.05) is 0 Å². The fraction of sp³-hybridized carbons (Fsp3) is 1.00. The largest absolute Gasteiger partial charge is 0.380 e. The zero-order chi connectivity index (χ0) is 12.0. The first-order valence-electron chi connectivity index (χ1n) is 6.61. The predicted octanol–water partition coefficient (Wildman–Crippen LogP) is 1.73. The van der Waals surface area contributed by atoms with Crippen molar-refractivity contribution >= 4 is 0 Å². The Bertz CT molecular complexity index is 185. The van der Waals surface area contributed by atoms with Gasteiger partial charge in [0.2, 0.25) is 0 Å². The highest BCUT2D eigenvalue weighted by Crippen LogP contribution is 2.14. The summed E-state index contributed by atoms with van der Waals surface area (Å²) in [5.41, 5.74) is 0. The minimum atomic E-state index is 0.642. The fourth-order valence-electron chi connectivity index (χ4n) is 2.13. The van der Waals surface area contributed by atoms with Crippen LogP contribution < -0.4 is 5.32 Å². The summed E-state index contributed by atoms with van der Waals surface area (Å²) < 4.78 is 5.56. The molecule has 16 heavy (non-hydrogen) atoms. The molecule has 96 valence electrons. The van der Waals surface area contributed by atoms with E-state index in [1.165, 1.54) is 19.4 Å². The molecule has 0 aromatic rings. The summed E-state index contributed by atoms with van der Waals surface area (Å²) in [6.07, 6.45) is 2.53. The van der Waals surface area contributed by atoms with E-state index < -0.39 is 0 Å². The van der Waals surface area contributed by atoms with Crippen LogP contribution in [0.3, 0.4) is 0 Å². The van der Waals surface area contributed by atoms with Crippen molar-refractivity contribution in [2.75, 3.05) is 33.4 Å². The molecule has 0 spiro atoms. The highest BCUT2D eigenvalue weighted by atomic mass is 16.5. The smallest absolute Gasteiger partial charge is 0.0591 e. The fourth-order valence-corrected chi connectivity index (χ4v) is 2.13. The van der Waals surface area contributed by atoms with Crippen molar-refractivity contribution in [3.8, 4) is 0 Å². The summed E-state index contributed by atoms with van der Waals surface area (Å²) in [7, 11) is 2.21. The third-order valence-electron chi connectivity index (χ3n) is 3.34. The van der Waals surface area contributed by atoms with Crippen molar-refractivity contribution in [2.45, 2.75) is 45.7 Å². The van der Waals surface area contributed by atoms with Crippen molar-refractivity contribution < 1.29 is 4.74 Å². The molecule has 0 aromatic carbocycles. The number of hydrogen-bond donors (Lipinski definition) is 1. The average Bonchev–Trinajstić information content (AvgIpc) is 2.22. The second-order valence-electron chi connectivity index (χ2n) is 5.47. The molecule has 0 radical (unpaired) electrons. The Hall–Kier alpha value is -0.120. The van der Waals surface area contributed by atoms with Crippen molar-refractivity contribution in [3.05, 3.63) is 0 Å². The van der Waals surface area contributed by atoms with Gasteiger partial charge in [-0.3, -0.25) is 0 Å². The van der Waals surface area contributed by atoms with E-state index in [0.717, 1.165) is 19.8 Å². The molecular weight excluding hydrogens is 200 g/mol. The molecule has 2 unspecified atom stereocenters.